The molecule has 1 saturated heterocycles. The molecule has 5 heteroatoms. The van der Waals surface area contributed by atoms with E-state index in [1.165, 1.54) is 0 Å². The second-order valence-corrected chi connectivity index (χ2v) is 8.91. The summed E-state index contributed by atoms with van der Waals surface area (Å²) in [5, 5.41) is 0.822. The molecule has 4 rings (SSSR count). The average Bonchev–Trinajstić information content (AvgIpc) is 2.96. The van der Waals surface area contributed by atoms with Crippen LogP contribution < -0.4 is 0 Å². The average molecular weight is 409 g/mol. The molecule has 1 fully saturated rings. The van der Waals surface area contributed by atoms with Crippen LogP contribution in [0.15, 0.2) is 24.3 Å². The molecular formula is C25H32N2O3. The summed E-state index contributed by atoms with van der Waals surface area (Å²) in [5.41, 5.74) is 3.45. The van der Waals surface area contributed by atoms with Gasteiger partial charge in [0.1, 0.15) is 0 Å². The number of hydrogen-bond acceptors (Lipinski definition) is 4. The van der Waals surface area contributed by atoms with Crippen LogP contribution in [0.5, 0.6) is 0 Å². The molecule has 5 nitrogen and oxygen atoms in total. The van der Waals surface area contributed by atoms with E-state index >= 15 is 0 Å². The number of nitrogens with zero attached hydrogens (tertiary/aromatic N) is 2. The summed E-state index contributed by atoms with van der Waals surface area (Å²) in [6.45, 7) is 5.87. The number of benzene rings is 1. The van der Waals surface area contributed by atoms with Gasteiger partial charge in [0.25, 0.3) is 5.91 Å². The number of para-hydroxylation sites is 1. The lowest BCUT2D eigenvalue weighted by Crippen LogP contribution is -2.51. The minimum absolute atomic E-state index is 0.0903. The molecule has 1 aliphatic heterocycles. The van der Waals surface area contributed by atoms with Crippen LogP contribution in [0.4, 0.5) is 0 Å². The van der Waals surface area contributed by atoms with Crippen molar-refractivity contribution in [1.82, 2.24) is 9.88 Å². The highest BCUT2D eigenvalue weighted by atomic mass is 16.5. The molecule has 0 N–H and O–H groups in total. The summed E-state index contributed by atoms with van der Waals surface area (Å²) >= 11 is 0. The smallest absolute Gasteiger partial charge is 0.339 e. The van der Waals surface area contributed by atoms with Crippen LogP contribution in [0, 0.1) is 0 Å². The molecule has 2 heterocycles. The Balaban J connectivity index is 1.64. The van der Waals surface area contributed by atoms with Gasteiger partial charge in [0.15, 0.2) is 6.10 Å². The number of carbonyl (C=O) groups excluding carboxylic acids is 2. The molecule has 0 unspecified atom stereocenters. The van der Waals surface area contributed by atoms with E-state index in [2.05, 4.69) is 13.8 Å². The van der Waals surface area contributed by atoms with E-state index < -0.39 is 12.1 Å². The van der Waals surface area contributed by atoms with Gasteiger partial charge in [0, 0.05) is 23.2 Å². The van der Waals surface area contributed by atoms with Gasteiger partial charge in [-0.15, -0.1) is 0 Å². The first-order valence-electron chi connectivity index (χ1n) is 11.4. The molecule has 0 radical (unpaired) electrons. The number of hydrogen-bond donors (Lipinski definition) is 0. The third kappa shape index (κ3) is 3.94. The molecule has 160 valence electrons. The summed E-state index contributed by atoms with van der Waals surface area (Å²) in [7, 11) is 0. The Morgan fingerprint density at radius 2 is 1.73 bits per heavy atom. The molecule has 2 aliphatic rings. The van der Waals surface area contributed by atoms with Gasteiger partial charge in [-0.2, -0.15) is 0 Å². The molecule has 0 saturated carbocycles. The number of carbonyl (C=O) groups is 2. The van der Waals surface area contributed by atoms with Crippen molar-refractivity contribution in [1.29, 1.82) is 0 Å². The summed E-state index contributed by atoms with van der Waals surface area (Å²) < 4.78 is 5.81. The van der Waals surface area contributed by atoms with Crippen molar-refractivity contribution in [2.45, 2.75) is 90.3 Å². The predicted octanol–water partition coefficient (Wildman–Crippen LogP) is 4.84. The van der Waals surface area contributed by atoms with Crippen LogP contribution in [0.25, 0.3) is 10.9 Å². The van der Waals surface area contributed by atoms with Crippen molar-refractivity contribution < 1.29 is 14.3 Å². The normalized spacial score (nSPS) is 22.8. The number of aryl methyl sites for hydroxylation is 1. The van der Waals surface area contributed by atoms with Crippen LogP contribution in [0.1, 0.15) is 80.9 Å². The fourth-order valence-electron chi connectivity index (χ4n) is 5.12. The Kier molecular flexibility index (Phi) is 6.07. The first kappa shape index (κ1) is 20.8. The number of pyridine rings is 1. The minimum Gasteiger partial charge on any atom is -0.449 e. The lowest BCUT2D eigenvalue weighted by molar-refractivity contribution is -0.146. The third-order valence-electron chi connectivity index (χ3n) is 6.70. The Morgan fingerprint density at radius 3 is 2.50 bits per heavy atom. The van der Waals surface area contributed by atoms with Crippen molar-refractivity contribution in [3.8, 4) is 0 Å². The number of piperidine rings is 1. The van der Waals surface area contributed by atoms with Gasteiger partial charge in [-0.25, -0.2) is 4.79 Å². The minimum atomic E-state index is -0.797. The largest absolute Gasteiger partial charge is 0.449 e. The highest BCUT2D eigenvalue weighted by molar-refractivity contribution is 6.05. The Hall–Kier alpha value is -2.43. The molecular weight excluding hydrogens is 376 g/mol. The number of likely N-dealkylation sites (tertiary alicyclic amines) is 1. The van der Waals surface area contributed by atoms with E-state index in [-0.39, 0.29) is 18.0 Å². The maximum absolute atomic E-state index is 13.4. The molecule has 3 atom stereocenters. The monoisotopic (exact) mass is 408 g/mol. The van der Waals surface area contributed by atoms with Crippen molar-refractivity contribution in [2.24, 2.45) is 0 Å². The SMILES string of the molecule is C[C@@H](OC(=O)c1c2c(nc3ccccc13)CCCCC2)C(=O)N1[C@@H](C)CCC[C@@H]1C. The molecule has 0 spiro atoms. The third-order valence-corrected chi connectivity index (χ3v) is 6.70. The highest BCUT2D eigenvalue weighted by Gasteiger charge is 2.34. The highest BCUT2D eigenvalue weighted by Crippen LogP contribution is 2.30. The van der Waals surface area contributed by atoms with E-state index in [1.807, 2.05) is 29.2 Å². The van der Waals surface area contributed by atoms with Crippen molar-refractivity contribution in [2.75, 3.05) is 0 Å². The van der Waals surface area contributed by atoms with Crippen LogP contribution in [0.3, 0.4) is 0 Å². The van der Waals surface area contributed by atoms with Crippen molar-refractivity contribution in [3.05, 3.63) is 41.1 Å². The van der Waals surface area contributed by atoms with Gasteiger partial charge in [0.2, 0.25) is 0 Å². The molecule has 1 aromatic carbocycles. The van der Waals surface area contributed by atoms with Crippen molar-refractivity contribution >= 4 is 22.8 Å². The fraction of sp³-hybridized carbons (Fsp3) is 0.560. The maximum atomic E-state index is 13.4. The number of esters is 1. The van der Waals surface area contributed by atoms with E-state index in [4.69, 9.17) is 9.72 Å². The van der Waals surface area contributed by atoms with Gasteiger partial charge in [-0.05, 0) is 77.3 Å². The zero-order valence-electron chi connectivity index (χ0n) is 18.3. The molecule has 1 amide bonds. The number of amides is 1. The zero-order valence-corrected chi connectivity index (χ0v) is 18.3. The first-order valence-corrected chi connectivity index (χ1v) is 11.4. The van der Waals surface area contributed by atoms with Gasteiger partial charge in [-0.1, -0.05) is 24.6 Å². The predicted molar refractivity (Wildman–Crippen MR) is 118 cm³/mol. The topological polar surface area (TPSA) is 59.5 Å². The lowest BCUT2D eigenvalue weighted by atomic mass is 9.96. The standard InChI is InChI=1S/C25H32N2O3/c1-16-10-9-11-17(2)27(16)24(28)18(3)30-25(29)23-19-12-5-4-6-14-21(19)26-22-15-8-7-13-20(22)23/h7-8,13,15-18H,4-6,9-12,14H2,1-3H3/t16-,17-,18+/m0/s1. The van der Waals surface area contributed by atoms with Crippen LogP contribution in [-0.2, 0) is 22.4 Å². The molecule has 2 aromatic rings. The Morgan fingerprint density at radius 1 is 1.03 bits per heavy atom. The van der Waals surface area contributed by atoms with Gasteiger partial charge < -0.3 is 9.64 Å². The summed E-state index contributed by atoms with van der Waals surface area (Å²) in [5.74, 6) is -0.489. The lowest BCUT2D eigenvalue weighted by Gasteiger charge is -2.40. The zero-order chi connectivity index (χ0) is 21.3. The number of aromatic nitrogens is 1. The number of fused-ring (bicyclic) bond motifs is 2. The van der Waals surface area contributed by atoms with Crippen molar-refractivity contribution in [3.63, 3.8) is 0 Å². The second kappa shape index (κ2) is 8.75. The molecule has 30 heavy (non-hydrogen) atoms. The number of ether oxygens (including phenoxy) is 1. The maximum Gasteiger partial charge on any atom is 0.339 e. The van der Waals surface area contributed by atoms with Crippen LogP contribution >= 0.6 is 0 Å². The Labute approximate surface area is 178 Å². The van der Waals surface area contributed by atoms with E-state index in [0.717, 1.165) is 73.5 Å². The molecule has 0 bridgehead atoms. The fourth-order valence-corrected chi connectivity index (χ4v) is 5.12. The van der Waals surface area contributed by atoms with E-state index in [0.29, 0.717) is 5.56 Å². The summed E-state index contributed by atoms with van der Waals surface area (Å²) in [6.07, 6.45) is 7.33. The van der Waals surface area contributed by atoms with E-state index in [1.54, 1.807) is 6.92 Å². The Bertz CT molecular complexity index is 945. The van der Waals surface area contributed by atoms with Gasteiger partial charge in [-0.3, -0.25) is 9.78 Å². The summed E-state index contributed by atoms with van der Waals surface area (Å²) in [4.78, 5) is 33.3. The van der Waals surface area contributed by atoms with Crippen LogP contribution in [0.2, 0.25) is 0 Å². The first-order chi connectivity index (χ1) is 14.5. The van der Waals surface area contributed by atoms with Crippen LogP contribution in [-0.4, -0.2) is 39.9 Å². The van der Waals surface area contributed by atoms with E-state index in [9.17, 15) is 9.59 Å². The van der Waals surface area contributed by atoms with Gasteiger partial charge in [0.05, 0.1) is 11.1 Å². The van der Waals surface area contributed by atoms with Gasteiger partial charge >= 0.3 is 5.97 Å². The summed E-state index contributed by atoms with van der Waals surface area (Å²) in [6, 6.07) is 8.11. The molecule has 1 aromatic heterocycles. The molecule has 1 aliphatic carbocycles. The number of rotatable bonds is 3. The quantitative estimate of drug-likeness (QED) is 0.539. The second-order valence-electron chi connectivity index (χ2n) is 8.91.